The van der Waals surface area contributed by atoms with Crippen molar-refractivity contribution >= 4 is 12.1 Å². The fourth-order valence-electron chi connectivity index (χ4n) is 2.50. The van der Waals surface area contributed by atoms with Crippen LogP contribution in [0.15, 0.2) is 72.0 Å². The van der Waals surface area contributed by atoms with E-state index in [1.54, 1.807) is 44.7 Å². The summed E-state index contributed by atoms with van der Waals surface area (Å²) in [4.78, 5) is 11.9. The van der Waals surface area contributed by atoms with Crippen molar-refractivity contribution in [2.24, 2.45) is 5.10 Å². The molecule has 0 unspecified atom stereocenters. The van der Waals surface area contributed by atoms with Crippen molar-refractivity contribution in [3.63, 3.8) is 0 Å². The van der Waals surface area contributed by atoms with Gasteiger partial charge in [0, 0.05) is 11.9 Å². The van der Waals surface area contributed by atoms with Gasteiger partial charge in [-0.3, -0.25) is 4.79 Å². The molecule has 1 heterocycles. The number of hydrazone groups is 1. The molecule has 0 radical (unpaired) electrons. The Kier molecular flexibility index (Phi) is 6.30. The molecule has 3 aromatic rings. The number of carbonyl (C=O) groups is 1. The summed E-state index contributed by atoms with van der Waals surface area (Å²) >= 11 is 0. The maximum absolute atomic E-state index is 11.9. The molecular formula is C21H21N3O4. The summed E-state index contributed by atoms with van der Waals surface area (Å²) in [6.07, 6.45) is 3.49. The first-order valence-electron chi connectivity index (χ1n) is 8.60. The molecule has 0 aliphatic carbocycles. The molecule has 0 aliphatic rings. The van der Waals surface area contributed by atoms with E-state index in [0.717, 1.165) is 22.9 Å². The van der Waals surface area contributed by atoms with Gasteiger partial charge in [0.15, 0.2) is 6.61 Å². The van der Waals surface area contributed by atoms with E-state index >= 15 is 0 Å². The molecule has 1 amide bonds. The second kappa shape index (κ2) is 9.27. The van der Waals surface area contributed by atoms with Crippen molar-refractivity contribution in [3.8, 4) is 22.9 Å². The molecule has 0 aliphatic heterocycles. The Labute approximate surface area is 163 Å². The predicted molar refractivity (Wildman–Crippen MR) is 107 cm³/mol. The minimum Gasteiger partial charge on any atom is -0.497 e. The number of benzene rings is 2. The fraction of sp³-hybridized carbons (Fsp3) is 0.143. The zero-order chi connectivity index (χ0) is 19.8. The van der Waals surface area contributed by atoms with E-state index in [1.165, 1.54) is 0 Å². The van der Waals surface area contributed by atoms with Crippen molar-refractivity contribution in [2.45, 2.75) is 0 Å². The SMILES string of the molecule is COc1ccc(OCC(=O)N/N=C/c2cccn2-c2ccc(OC)cc2)cc1. The Morgan fingerprint density at radius 3 is 2.21 bits per heavy atom. The van der Waals surface area contributed by atoms with E-state index in [4.69, 9.17) is 14.2 Å². The average molecular weight is 379 g/mol. The first-order chi connectivity index (χ1) is 13.7. The maximum atomic E-state index is 11.9. The first-order valence-corrected chi connectivity index (χ1v) is 8.60. The van der Waals surface area contributed by atoms with E-state index in [2.05, 4.69) is 10.5 Å². The van der Waals surface area contributed by atoms with E-state index in [1.807, 2.05) is 47.2 Å². The van der Waals surface area contributed by atoms with Crippen LogP contribution in [0.5, 0.6) is 17.2 Å². The zero-order valence-electron chi connectivity index (χ0n) is 15.7. The largest absolute Gasteiger partial charge is 0.497 e. The normalized spacial score (nSPS) is 10.6. The molecule has 144 valence electrons. The third-order valence-electron chi connectivity index (χ3n) is 3.95. The summed E-state index contributed by atoms with van der Waals surface area (Å²) in [6.45, 7) is -0.136. The molecule has 0 saturated heterocycles. The van der Waals surface area contributed by atoms with Crippen LogP contribution in [0, 0.1) is 0 Å². The standard InChI is InChI=1S/C21H21N3O4/c1-26-18-7-5-16(6-8-18)24-13-3-4-17(24)14-22-23-21(25)15-28-20-11-9-19(27-2)10-12-20/h3-14H,15H2,1-2H3,(H,23,25)/b22-14+. The molecule has 7 heteroatoms. The van der Waals surface area contributed by atoms with Crippen molar-refractivity contribution in [1.82, 2.24) is 9.99 Å². The smallest absolute Gasteiger partial charge is 0.277 e. The minimum atomic E-state index is -0.352. The first kappa shape index (κ1) is 19.0. The van der Waals surface area contributed by atoms with Gasteiger partial charge in [0.05, 0.1) is 26.1 Å². The summed E-state index contributed by atoms with van der Waals surface area (Å²) in [5, 5.41) is 4.00. The van der Waals surface area contributed by atoms with E-state index in [-0.39, 0.29) is 12.5 Å². The van der Waals surface area contributed by atoms with Gasteiger partial charge in [0.2, 0.25) is 0 Å². The second-order valence-corrected chi connectivity index (χ2v) is 5.76. The minimum absolute atomic E-state index is 0.136. The Morgan fingerprint density at radius 1 is 0.964 bits per heavy atom. The molecule has 2 aromatic carbocycles. The molecule has 1 N–H and O–H groups in total. The lowest BCUT2D eigenvalue weighted by molar-refractivity contribution is -0.123. The van der Waals surface area contributed by atoms with Crippen LogP contribution >= 0.6 is 0 Å². The molecular weight excluding hydrogens is 358 g/mol. The maximum Gasteiger partial charge on any atom is 0.277 e. The second-order valence-electron chi connectivity index (χ2n) is 5.76. The summed E-state index contributed by atoms with van der Waals surface area (Å²) in [6, 6.07) is 18.4. The van der Waals surface area contributed by atoms with Gasteiger partial charge < -0.3 is 18.8 Å². The highest BCUT2D eigenvalue weighted by Crippen LogP contribution is 2.17. The Bertz CT molecular complexity index is 931. The third kappa shape index (κ3) is 4.91. The number of nitrogens with one attached hydrogen (secondary N) is 1. The van der Waals surface area contributed by atoms with Gasteiger partial charge in [0.25, 0.3) is 5.91 Å². The summed E-state index contributed by atoms with van der Waals surface area (Å²) < 4.78 is 17.6. The van der Waals surface area contributed by atoms with Crippen molar-refractivity contribution in [1.29, 1.82) is 0 Å². The summed E-state index contributed by atoms with van der Waals surface area (Å²) in [7, 11) is 3.22. The predicted octanol–water partition coefficient (Wildman–Crippen LogP) is 3.02. The van der Waals surface area contributed by atoms with Crippen molar-refractivity contribution in [2.75, 3.05) is 20.8 Å². The third-order valence-corrected chi connectivity index (χ3v) is 3.95. The van der Waals surface area contributed by atoms with Gasteiger partial charge in [0.1, 0.15) is 17.2 Å². The molecule has 0 bridgehead atoms. The quantitative estimate of drug-likeness (QED) is 0.482. The molecule has 28 heavy (non-hydrogen) atoms. The van der Waals surface area contributed by atoms with Crippen LogP contribution in [-0.2, 0) is 4.79 Å². The van der Waals surface area contributed by atoms with Crippen LogP contribution in [0.4, 0.5) is 0 Å². The van der Waals surface area contributed by atoms with Crippen LogP contribution in [0.3, 0.4) is 0 Å². The van der Waals surface area contributed by atoms with Crippen molar-refractivity contribution < 1.29 is 19.0 Å². The molecule has 0 saturated carbocycles. The number of hydrogen-bond acceptors (Lipinski definition) is 5. The number of hydrogen-bond donors (Lipinski definition) is 1. The number of amides is 1. The van der Waals surface area contributed by atoms with Gasteiger partial charge in [-0.15, -0.1) is 0 Å². The lowest BCUT2D eigenvalue weighted by Gasteiger charge is -2.08. The van der Waals surface area contributed by atoms with Crippen LogP contribution in [0.25, 0.3) is 5.69 Å². The Balaban J connectivity index is 1.54. The summed E-state index contributed by atoms with van der Waals surface area (Å²) in [5.74, 6) is 1.74. The van der Waals surface area contributed by atoms with E-state index in [9.17, 15) is 4.79 Å². The molecule has 1 aromatic heterocycles. The number of nitrogens with zero attached hydrogens (tertiary/aromatic N) is 2. The molecule has 0 fully saturated rings. The number of aromatic nitrogens is 1. The lowest BCUT2D eigenvalue weighted by atomic mass is 10.3. The fourth-order valence-corrected chi connectivity index (χ4v) is 2.50. The highest BCUT2D eigenvalue weighted by Gasteiger charge is 2.04. The number of methoxy groups -OCH3 is 2. The Morgan fingerprint density at radius 2 is 1.57 bits per heavy atom. The average Bonchev–Trinajstić information content (AvgIpc) is 3.21. The van der Waals surface area contributed by atoms with Gasteiger partial charge in [-0.2, -0.15) is 5.10 Å². The van der Waals surface area contributed by atoms with Crippen LogP contribution in [0.2, 0.25) is 0 Å². The molecule has 3 rings (SSSR count). The lowest BCUT2D eigenvalue weighted by Crippen LogP contribution is -2.24. The van der Waals surface area contributed by atoms with Gasteiger partial charge in [-0.25, -0.2) is 5.43 Å². The van der Waals surface area contributed by atoms with Crippen LogP contribution in [-0.4, -0.2) is 37.5 Å². The van der Waals surface area contributed by atoms with Crippen LogP contribution < -0.4 is 19.6 Å². The van der Waals surface area contributed by atoms with E-state index < -0.39 is 0 Å². The number of ether oxygens (including phenoxy) is 3. The highest BCUT2D eigenvalue weighted by atomic mass is 16.5. The number of carbonyl (C=O) groups excluding carboxylic acids is 1. The molecule has 0 atom stereocenters. The van der Waals surface area contributed by atoms with Gasteiger partial charge in [-0.1, -0.05) is 0 Å². The highest BCUT2D eigenvalue weighted by molar-refractivity contribution is 5.82. The van der Waals surface area contributed by atoms with Crippen LogP contribution in [0.1, 0.15) is 5.69 Å². The zero-order valence-corrected chi connectivity index (χ0v) is 15.7. The Hall–Kier alpha value is -3.74. The topological polar surface area (TPSA) is 74.1 Å². The monoisotopic (exact) mass is 379 g/mol. The van der Waals surface area contributed by atoms with Gasteiger partial charge >= 0.3 is 0 Å². The summed E-state index contributed by atoms with van der Waals surface area (Å²) in [5.41, 5.74) is 4.24. The molecule has 0 spiro atoms. The van der Waals surface area contributed by atoms with Crippen molar-refractivity contribution in [3.05, 3.63) is 72.6 Å². The number of rotatable bonds is 8. The van der Waals surface area contributed by atoms with E-state index in [0.29, 0.717) is 5.75 Å². The molecule has 7 nitrogen and oxygen atoms in total. The van der Waals surface area contributed by atoms with Gasteiger partial charge in [-0.05, 0) is 60.7 Å².